The van der Waals surface area contributed by atoms with Crippen LogP contribution in [0.1, 0.15) is 12.0 Å². The summed E-state index contributed by atoms with van der Waals surface area (Å²) in [6.45, 7) is -1.39. The summed E-state index contributed by atoms with van der Waals surface area (Å²) in [5.41, 5.74) is 1.44. The summed E-state index contributed by atoms with van der Waals surface area (Å²) in [7, 11) is 1.35. The fourth-order valence-electron chi connectivity index (χ4n) is 2.16. The van der Waals surface area contributed by atoms with Crippen LogP contribution in [0.5, 0.6) is 11.5 Å². The van der Waals surface area contributed by atoms with Crippen LogP contribution in [0, 0.1) is 0 Å². The van der Waals surface area contributed by atoms with Gasteiger partial charge < -0.3 is 14.8 Å². The van der Waals surface area contributed by atoms with Gasteiger partial charge in [0.25, 0.3) is 0 Å². The minimum Gasteiger partial charge on any atom is -0.493 e. The van der Waals surface area contributed by atoms with Gasteiger partial charge in [0.05, 0.1) is 7.11 Å². The van der Waals surface area contributed by atoms with Crippen LogP contribution in [0.4, 0.5) is 18.9 Å². The fourth-order valence-corrected chi connectivity index (χ4v) is 2.43. The fraction of sp³-hybridized carbons (Fsp3) is 0.278. The van der Waals surface area contributed by atoms with Gasteiger partial charge >= 0.3 is 6.18 Å². The van der Waals surface area contributed by atoms with Crippen LogP contribution in [0.15, 0.2) is 46.9 Å². The molecule has 0 saturated carbocycles. The standard InChI is InChI=1S/C18H17BrF3NO3/c1-25-16-10-12(2-8-15(16)26-11-18(20,21)22)3-9-17(24)23-14-6-4-13(19)5-7-14/h2,4-8,10H,3,9,11H2,1H3,(H,23,24). The predicted octanol–water partition coefficient (Wildman–Crippen LogP) is 4.97. The monoisotopic (exact) mass is 431 g/mol. The third kappa shape index (κ3) is 6.59. The van der Waals surface area contributed by atoms with Crippen molar-refractivity contribution in [1.29, 1.82) is 0 Å². The van der Waals surface area contributed by atoms with Gasteiger partial charge in [-0.05, 0) is 48.4 Å². The molecule has 2 rings (SSSR count). The molecule has 4 nitrogen and oxygen atoms in total. The summed E-state index contributed by atoms with van der Waals surface area (Å²) in [4.78, 5) is 12.0. The van der Waals surface area contributed by atoms with Gasteiger partial charge in [-0.3, -0.25) is 4.79 Å². The lowest BCUT2D eigenvalue weighted by Gasteiger charge is -2.13. The van der Waals surface area contributed by atoms with Crippen molar-refractivity contribution in [3.63, 3.8) is 0 Å². The number of methoxy groups -OCH3 is 1. The largest absolute Gasteiger partial charge is 0.493 e. The number of alkyl halides is 3. The highest BCUT2D eigenvalue weighted by molar-refractivity contribution is 9.10. The number of nitrogens with one attached hydrogen (secondary N) is 1. The number of amides is 1. The highest BCUT2D eigenvalue weighted by Gasteiger charge is 2.29. The number of halogens is 4. The van der Waals surface area contributed by atoms with E-state index in [0.29, 0.717) is 12.1 Å². The van der Waals surface area contributed by atoms with Crippen LogP contribution in [0.25, 0.3) is 0 Å². The van der Waals surface area contributed by atoms with Crippen LogP contribution in [0.2, 0.25) is 0 Å². The highest BCUT2D eigenvalue weighted by atomic mass is 79.9. The summed E-state index contributed by atoms with van der Waals surface area (Å²) in [5, 5.41) is 2.78. The smallest absolute Gasteiger partial charge is 0.422 e. The predicted molar refractivity (Wildman–Crippen MR) is 95.6 cm³/mol. The van der Waals surface area contributed by atoms with Crippen LogP contribution in [-0.2, 0) is 11.2 Å². The van der Waals surface area contributed by atoms with Gasteiger partial charge in [-0.25, -0.2) is 0 Å². The Morgan fingerprint density at radius 1 is 1.12 bits per heavy atom. The van der Waals surface area contributed by atoms with Crippen molar-refractivity contribution in [1.82, 2.24) is 0 Å². The number of ether oxygens (including phenoxy) is 2. The summed E-state index contributed by atoms with van der Waals surface area (Å²) in [6.07, 6.45) is -3.78. The van der Waals surface area contributed by atoms with Crippen LogP contribution in [-0.4, -0.2) is 25.8 Å². The third-order valence-electron chi connectivity index (χ3n) is 3.39. The minimum absolute atomic E-state index is 0.00730. The zero-order valence-corrected chi connectivity index (χ0v) is 15.5. The number of anilines is 1. The zero-order chi connectivity index (χ0) is 19.2. The Kier molecular flexibility index (Phi) is 6.90. The normalized spacial score (nSPS) is 11.1. The first-order chi connectivity index (χ1) is 12.3. The number of benzene rings is 2. The Hall–Kier alpha value is -2.22. The van der Waals surface area contributed by atoms with Crippen molar-refractivity contribution in [2.45, 2.75) is 19.0 Å². The first-order valence-electron chi connectivity index (χ1n) is 7.69. The number of aryl methyl sites for hydroxylation is 1. The van der Waals surface area contributed by atoms with Crippen LogP contribution < -0.4 is 14.8 Å². The van der Waals surface area contributed by atoms with E-state index in [-0.39, 0.29) is 23.8 Å². The summed E-state index contributed by atoms with van der Waals surface area (Å²) < 4.78 is 47.5. The molecule has 0 aliphatic heterocycles. The third-order valence-corrected chi connectivity index (χ3v) is 3.92. The molecule has 0 fully saturated rings. The number of carbonyl (C=O) groups excluding carboxylic acids is 1. The molecule has 0 aliphatic rings. The van der Waals surface area contributed by atoms with Gasteiger partial charge in [0.1, 0.15) is 0 Å². The molecule has 2 aromatic rings. The second-order valence-electron chi connectivity index (χ2n) is 5.44. The van der Waals surface area contributed by atoms with Crippen molar-refractivity contribution >= 4 is 27.5 Å². The van der Waals surface area contributed by atoms with Crippen molar-refractivity contribution in [2.24, 2.45) is 0 Å². The molecule has 0 aliphatic carbocycles. The Morgan fingerprint density at radius 3 is 2.42 bits per heavy atom. The highest BCUT2D eigenvalue weighted by Crippen LogP contribution is 2.30. The summed E-state index contributed by atoms with van der Waals surface area (Å²) in [5.74, 6) is 0.0386. The number of rotatable bonds is 7. The minimum atomic E-state index is -4.42. The molecule has 0 aromatic heterocycles. The maximum atomic E-state index is 12.3. The molecule has 2 aromatic carbocycles. The topological polar surface area (TPSA) is 47.6 Å². The second kappa shape index (κ2) is 8.93. The molecule has 0 spiro atoms. The van der Waals surface area contributed by atoms with E-state index in [0.717, 1.165) is 10.0 Å². The first kappa shape index (κ1) is 20.1. The number of hydrogen-bond acceptors (Lipinski definition) is 3. The van der Waals surface area contributed by atoms with E-state index in [1.54, 1.807) is 24.3 Å². The Bertz CT molecular complexity index is 748. The molecular weight excluding hydrogens is 415 g/mol. The second-order valence-corrected chi connectivity index (χ2v) is 6.36. The van der Waals surface area contributed by atoms with E-state index in [1.807, 2.05) is 12.1 Å². The summed E-state index contributed by atoms with van der Waals surface area (Å²) in [6, 6.07) is 11.8. The lowest BCUT2D eigenvalue weighted by Crippen LogP contribution is -2.19. The average Bonchev–Trinajstić information content (AvgIpc) is 2.59. The quantitative estimate of drug-likeness (QED) is 0.672. The Morgan fingerprint density at radius 2 is 1.81 bits per heavy atom. The molecule has 26 heavy (non-hydrogen) atoms. The molecule has 0 unspecified atom stereocenters. The van der Waals surface area contributed by atoms with E-state index in [9.17, 15) is 18.0 Å². The molecule has 140 valence electrons. The maximum Gasteiger partial charge on any atom is 0.422 e. The molecular formula is C18H17BrF3NO3. The Balaban J connectivity index is 1.92. The van der Waals surface area contributed by atoms with Crippen molar-refractivity contribution in [2.75, 3.05) is 19.0 Å². The van der Waals surface area contributed by atoms with Gasteiger partial charge in [-0.1, -0.05) is 22.0 Å². The van der Waals surface area contributed by atoms with E-state index >= 15 is 0 Å². The van der Waals surface area contributed by atoms with E-state index in [4.69, 9.17) is 9.47 Å². The SMILES string of the molecule is COc1cc(CCC(=O)Nc2ccc(Br)cc2)ccc1OCC(F)(F)F. The van der Waals surface area contributed by atoms with Gasteiger partial charge in [0.15, 0.2) is 18.1 Å². The first-order valence-corrected chi connectivity index (χ1v) is 8.48. The number of hydrogen-bond donors (Lipinski definition) is 1. The Labute approximate surface area is 157 Å². The van der Waals surface area contributed by atoms with Crippen molar-refractivity contribution < 1.29 is 27.4 Å². The molecule has 1 N–H and O–H groups in total. The van der Waals surface area contributed by atoms with Crippen LogP contribution in [0.3, 0.4) is 0 Å². The van der Waals surface area contributed by atoms with Crippen molar-refractivity contribution in [3.8, 4) is 11.5 Å². The van der Waals surface area contributed by atoms with E-state index in [2.05, 4.69) is 21.2 Å². The zero-order valence-electron chi connectivity index (χ0n) is 13.9. The van der Waals surface area contributed by atoms with E-state index < -0.39 is 12.8 Å². The lowest BCUT2D eigenvalue weighted by atomic mass is 10.1. The number of carbonyl (C=O) groups is 1. The van der Waals surface area contributed by atoms with Crippen LogP contribution >= 0.6 is 15.9 Å². The molecule has 0 atom stereocenters. The summed E-state index contributed by atoms with van der Waals surface area (Å²) >= 11 is 3.32. The molecule has 0 radical (unpaired) electrons. The lowest BCUT2D eigenvalue weighted by molar-refractivity contribution is -0.153. The molecule has 0 bridgehead atoms. The van der Waals surface area contributed by atoms with Gasteiger partial charge in [0.2, 0.25) is 5.91 Å². The molecule has 8 heteroatoms. The average molecular weight is 432 g/mol. The molecule has 1 amide bonds. The van der Waals surface area contributed by atoms with Crippen molar-refractivity contribution in [3.05, 3.63) is 52.5 Å². The maximum absolute atomic E-state index is 12.3. The molecule has 0 saturated heterocycles. The van der Waals surface area contributed by atoms with Gasteiger partial charge in [-0.15, -0.1) is 0 Å². The molecule has 0 heterocycles. The van der Waals surface area contributed by atoms with Gasteiger partial charge in [0, 0.05) is 16.6 Å². The van der Waals surface area contributed by atoms with Gasteiger partial charge in [-0.2, -0.15) is 13.2 Å². The van der Waals surface area contributed by atoms with E-state index in [1.165, 1.54) is 13.2 Å².